The van der Waals surface area contributed by atoms with Crippen molar-refractivity contribution in [3.05, 3.63) is 48.0 Å². The van der Waals surface area contributed by atoms with E-state index in [0.717, 1.165) is 25.7 Å². The zero-order valence-corrected chi connectivity index (χ0v) is 13.1. The van der Waals surface area contributed by atoms with Crippen LogP contribution in [0.2, 0.25) is 0 Å². The molecule has 1 aliphatic carbocycles. The van der Waals surface area contributed by atoms with Crippen molar-refractivity contribution < 1.29 is 14.2 Å². The smallest absolute Gasteiger partial charge is 0.0929 e. The molecule has 0 bridgehead atoms. The van der Waals surface area contributed by atoms with E-state index < -0.39 is 0 Å². The molecule has 0 aliphatic heterocycles. The first kappa shape index (κ1) is 16.2. The van der Waals surface area contributed by atoms with Crippen LogP contribution < -0.4 is 0 Å². The third-order valence-corrected chi connectivity index (χ3v) is 4.42. The van der Waals surface area contributed by atoms with Crippen LogP contribution in [0.4, 0.5) is 0 Å². The molecule has 0 unspecified atom stereocenters. The van der Waals surface area contributed by atoms with Crippen molar-refractivity contribution in [1.29, 1.82) is 0 Å². The van der Waals surface area contributed by atoms with Crippen molar-refractivity contribution in [3.63, 3.8) is 0 Å². The Kier molecular flexibility index (Phi) is 5.97. The highest BCUT2D eigenvalue weighted by Crippen LogP contribution is 2.41. The Bertz CT molecular complexity index is 448. The average molecular weight is 290 g/mol. The SMILES string of the molecule is C=CCOCc1cccc(C2(OC)CCC(OC)CC2)c1. The molecule has 0 spiro atoms. The van der Waals surface area contributed by atoms with Crippen molar-refractivity contribution >= 4 is 0 Å². The number of hydrogen-bond donors (Lipinski definition) is 0. The highest BCUT2D eigenvalue weighted by Gasteiger charge is 2.37. The third-order valence-electron chi connectivity index (χ3n) is 4.42. The summed E-state index contributed by atoms with van der Waals surface area (Å²) in [5.41, 5.74) is 2.25. The second-order valence-electron chi connectivity index (χ2n) is 5.64. The number of benzene rings is 1. The Morgan fingerprint density at radius 2 is 2.05 bits per heavy atom. The highest BCUT2D eigenvalue weighted by atomic mass is 16.5. The predicted octanol–water partition coefficient (Wildman–Crippen LogP) is 3.82. The molecule has 0 radical (unpaired) electrons. The highest BCUT2D eigenvalue weighted by molar-refractivity contribution is 5.29. The Balaban J connectivity index is 2.11. The van der Waals surface area contributed by atoms with E-state index >= 15 is 0 Å². The molecule has 0 saturated heterocycles. The third kappa shape index (κ3) is 3.94. The molecule has 0 aromatic heterocycles. The van der Waals surface area contributed by atoms with Gasteiger partial charge in [0.25, 0.3) is 0 Å². The van der Waals surface area contributed by atoms with E-state index in [1.807, 2.05) is 7.11 Å². The van der Waals surface area contributed by atoms with Crippen LogP contribution in [0.15, 0.2) is 36.9 Å². The summed E-state index contributed by atoms with van der Waals surface area (Å²) >= 11 is 0. The lowest BCUT2D eigenvalue weighted by Crippen LogP contribution is -2.36. The lowest BCUT2D eigenvalue weighted by atomic mass is 9.78. The minimum Gasteiger partial charge on any atom is -0.381 e. The second-order valence-corrected chi connectivity index (χ2v) is 5.64. The lowest BCUT2D eigenvalue weighted by Gasteiger charge is -2.39. The van der Waals surface area contributed by atoms with Crippen LogP contribution >= 0.6 is 0 Å². The van der Waals surface area contributed by atoms with Gasteiger partial charge in [0.2, 0.25) is 0 Å². The molecular weight excluding hydrogens is 264 g/mol. The van der Waals surface area contributed by atoms with Gasteiger partial charge in [0, 0.05) is 14.2 Å². The Labute approximate surface area is 127 Å². The van der Waals surface area contributed by atoms with Crippen LogP contribution in [0, 0.1) is 0 Å². The van der Waals surface area contributed by atoms with E-state index in [4.69, 9.17) is 14.2 Å². The molecule has 1 fully saturated rings. The largest absolute Gasteiger partial charge is 0.381 e. The van der Waals surface area contributed by atoms with E-state index in [0.29, 0.717) is 19.3 Å². The quantitative estimate of drug-likeness (QED) is 0.564. The van der Waals surface area contributed by atoms with Gasteiger partial charge >= 0.3 is 0 Å². The van der Waals surface area contributed by atoms with Gasteiger partial charge in [-0.1, -0.05) is 30.3 Å². The normalized spacial score (nSPS) is 25.7. The summed E-state index contributed by atoms with van der Waals surface area (Å²) < 4.78 is 16.9. The molecule has 1 aliphatic rings. The molecule has 21 heavy (non-hydrogen) atoms. The van der Waals surface area contributed by atoms with Gasteiger partial charge in [0.1, 0.15) is 0 Å². The molecule has 1 aromatic carbocycles. The fraction of sp³-hybridized carbons (Fsp3) is 0.556. The first-order valence-electron chi connectivity index (χ1n) is 7.60. The average Bonchev–Trinajstić information content (AvgIpc) is 2.55. The predicted molar refractivity (Wildman–Crippen MR) is 84.2 cm³/mol. The number of ether oxygens (including phenoxy) is 3. The first-order chi connectivity index (χ1) is 10.2. The molecule has 0 amide bonds. The van der Waals surface area contributed by atoms with Gasteiger partial charge in [-0.15, -0.1) is 6.58 Å². The fourth-order valence-corrected chi connectivity index (χ4v) is 3.11. The van der Waals surface area contributed by atoms with Gasteiger partial charge in [-0.05, 0) is 36.8 Å². The minimum absolute atomic E-state index is 0.177. The van der Waals surface area contributed by atoms with Gasteiger partial charge in [-0.25, -0.2) is 0 Å². The number of methoxy groups -OCH3 is 2. The summed E-state index contributed by atoms with van der Waals surface area (Å²) in [4.78, 5) is 0. The van der Waals surface area contributed by atoms with Crippen molar-refractivity contribution in [2.24, 2.45) is 0 Å². The van der Waals surface area contributed by atoms with Crippen molar-refractivity contribution in [2.75, 3.05) is 20.8 Å². The van der Waals surface area contributed by atoms with Gasteiger partial charge in [0.05, 0.1) is 24.9 Å². The summed E-state index contributed by atoms with van der Waals surface area (Å²) in [6.45, 7) is 4.86. The monoisotopic (exact) mass is 290 g/mol. The van der Waals surface area contributed by atoms with E-state index in [2.05, 4.69) is 30.8 Å². The zero-order valence-electron chi connectivity index (χ0n) is 13.1. The van der Waals surface area contributed by atoms with Crippen molar-refractivity contribution in [3.8, 4) is 0 Å². The Morgan fingerprint density at radius 3 is 2.67 bits per heavy atom. The van der Waals surface area contributed by atoms with Gasteiger partial charge < -0.3 is 14.2 Å². The summed E-state index contributed by atoms with van der Waals surface area (Å²) in [6.07, 6.45) is 6.22. The van der Waals surface area contributed by atoms with Crippen LogP contribution in [0.3, 0.4) is 0 Å². The van der Waals surface area contributed by atoms with E-state index in [1.54, 1.807) is 13.2 Å². The first-order valence-corrected chi connectivity index (χ1v) is 7.60. The van der Waals surface area contributed by atoms with E-state index in [9.17, 15) is 0 Å². The maximum absolute atomic E-state index is 5.93. The Morgan fingerprint density at radius 1 is 1.29 bits per heavy atom. The number of hydrogen-bond acceptors (Lipinski definition) is 3. The maximum atomic E-state index is 5.93. The Hall–Kier alpha value is -1.16. The molecule has 1 saturated carbocycles. The zero-order chi connectivity index (χ0) is 15.1. The van der Waals surface area contributed by atoms with Crippen LogP contribution in [-0.2, 0) is 26.4 Å². The molecule has 0 heterocycles. The number of rotatable bonds is 7. The molecule has 0 atom stereocenters. The molecule has 3 heteroatoms. The van der Waals surface area contributed by atoms with E-state index in [1.165, 1.54) is 11.1 Å². The maximum Gasteiger partial charge on any atom is 0.0929 e. The summed E-state index contributed by atoms with van der Waals surface area (Å²) in [7, 11) is 3.61. The van der Waals surface area contributed by atoms with Crippen LogP contribution in [0.5, 0.6) is 0 Å². The van der Waals surface area contributed by atoms with Crippen LogP contribution in [0.25, 0.3) is 0 Å². The molecule has 0 N–H and O–H groups in total. The molecule has 2 rings (SSSR count). The van der Waals surface area contributed by atoms with Gasteiger partial charge in [-0.3, -0.25) is 0 Å². The molecule has 1 aromatic rings. The summed E-state index contributed by atoms with van der Waals surface area (Å²) in [6, 6.07) is 8.55. The standard InChI is InChI=1S/C18H26O3/c1-4-12-21-14-15-6-5-7-16(13-15)18(20-3)10-8-17(19-2)9-11-18/h4-7,13,17H,1,8-12,14H2,2-3H3. The van der Waals surface area contributed by atoms with Crippen molar-refractivity contribution in [2.45, 2.75) is 44.0 Å². The lowest BCUT2D eigenvalue weighted by molar-refractivity contribution is -0.0762. The second kappa shape index (κ2) is 7.74. The molecule has 3 nitrogen and oxygen atoms in total. The molecular formula is C18H26O3. The minimum atomic E-state index is -0.177. The van der Waals surface area contributed by atoms with E-state index in [-0.39, 0.29) is 5.60 Å². The summed E-state index contributed by atoms with van der Waals surface area (Å²) in [5, 5.41) is 0. The van der Waals surface area contributed by atoms with Gasteiger partial charge in [0.15, 0.2) is 0 Å². The van der Waals surface area contributed by atoms with Crippen LogP contribution in [0.1, 0.15) is 36.8 Å². The molecule has 116 valence electrons. The summed E-state index contributed by atoms with van der Waals surface area (Å²) in [5.74, 6) is 0. The van der Waals surface area contributed by atoms with Gasteiger partial charge in [-0.2, -0.15) is 0 Å². The fourth-order valence-electron chi connectivity index (χ4n) is 3.11. The van der Waals surface area contributed by atoms with Crippen LogP contribution in [-0.4, -0.2) is 26.9 Å². The van der Waals surface area contributed by atoms with Crippen molar-refractivity contribution in [1.82, 2.24) is 0 Å². The topological polar surface area (TPSA) is 27.7 Å².